The fourth-order valence-electron chi connectivity index (χ4n) is 3.27. The molecule has 3 rings (SSSR count). The molecule has 1 aliphatic rings. The van der Waals surface area contributed by atoms with Crippen molar-refractivity contribution in [2.75, 3.05) is 13.1 Å². The second kappa shape index (κ2) is 8.83. The van der Waals surface area contributed by atoms with Crippen LogP contribution in [-0.2, 0) is 10.3 Å². The largest absolute Gasteiger partial charge is 0.450 e. The normalized spacial score (nSPS) is 20.8. The van der Waals surface area contributed by atoms with E-state index < -0.39 is 5.60 Å². The van der Waals surface area contributed by atoms with Crippen LogP contribution in [0.3, 0.4) is 0 Å². The van der Waals surface area contributed by atoms with E-state index in [0.29, 0.717) is 5.56 Å². The molecule has 2 aromatic rings. The Labute approximate surface area is 189 Å². The minimum absolute atomic E-state index is 0.216. The Bertz CT molecular complexity index is 757. The molecule has 1 saturated heterocycles. The Morgan fingerprint density at radius 1 is 1.04 bits per heavy atom. The molecule has 0 aliphatic carbocycles. The zero-order valence-corrected chi connectivity index (χ0v) is 20.1. The van der Waals surface area contributed by atoms with Crippen LogP contribution in [0, 0.1) is 10.7 Å². The molecule has 0 bridgehead atoms. The summed E-state index contributed by atoms with van der Waals surface area (Å²) >= 11 is 6.77. The second-order valence-electron chi connectivity index (χ2n) is 6.22. The predicted octanol–water partition coefficient (Wildman–Crippen LogP) is 4.30. The summed E-state index contributed by atoms with van der Waals surface area (Å²) in [5.41, 5.74) is 1.25. The van der Waals surface area contributed by atoms with Crippen molar-refractivity contribution in [3.8, 4) is 0 Å². The van der Waals surface area contributed by atoms with Crippen LogP contribution in [0.2, 0.25) is 0 Å². The highest BCUT2D eigenvalue weighted by atomic mass is 127. The van der Waals surface area contributed by atoms with Crippen LogP contribution in [-0.4, -0.2) is 19.1 Å². The molecule has 0 amide bonds. The first kappa shape index (κ1) is 19.8. The van der Waals surface area contributed by atoms with Crippen LogP contribution in [0.1, 0.15) is 35.2 Å². The SMILES string of the molecule is O=C(OC1(c2ccccc2)CCC[NH2+]CC1)c1cc(I)cc(I)c1I. The van der Waals surface area contributed by atoms with Gasteiger partial charge in [-0.2, -0.15) is 0 Å². The summed E-state index contributed by atoms with van der Waals surface area (Å²) in [4.78, 5) is 13.1. The van der Waals surface area contributed by atoms with Crippen molar-refractivity contribution >= 4 is 73.7 Å². The van der Waals surface area contributed by atoms with E-state index in [1.807, 2.05) is 24.3 Å². The number of ether oxygens (including phenoxy) is 1. The van der Waals surface area contributed by atoms with Gasteiger partial charge in [0, 0.05) is 23.6 Å². The standard InChI is InChI=1S/C19H18I3NO2/c20-14-11-15(17(22)16(21)12-14)18(24)25-19(7-4-9-23-10-8-19)13-5-2-1-3-6-13/h1-3,5-6,11-12,23H,4,7-10H2/p+1. The third-order valence-corrected chi connectivity index (χ3v) is 8.21. The molecule has 0 spiro atoms. The molecular weight excluding hydrogens is 655 g/mol. The second-order valence-corrected chi connectivity index (χ2v) is 9.71. The van der Waals surface area contributed by atoms with E-state index in [1.54, 1.807) is 0 Å². The number of halogens is 3. The number of hydrogen-bond acceptors (Lipinski definition) is 2. The van der Waals surface area contributed by atoms with Crippen LogP contribution < -0.4 is 5.32 Å². The molecule has 2 aromatic carbocycles. The zero-order chi connectivity index (χ0) is 17.9. The maximum absolute atomic E-state index is 13.1. The van der Waals surface area contributed by atoms with Crippen molar-refractivity contribution in [1.29, 1.82) is 0 Å². The van der Waals surface area contributed by atoms with Gasteiger partial charge in [-0.15, -0.1) is 0 Å². The smallest absolute Gasteiger partial charge is 0.340 e. The van der Waals surface area contributed by atoms with Gasteiger partial charge in [-0.25, -0.2) is 4.79 Å². The molecule has 1 atom stereocenters. The van der Waals surface area contributed by atoms with Crippen molar-refractivity contribution in [2.45, 2.75) is 24.9 Å². The fraction of sp³-hybridized carbons (Fsp3) is 0.316. The number of carbonyl (C=O) groups excluding carboxylic acids is 1. The minimum atomic E-state index is -0.527. The first-order chi connectivity index (χ1) is 12.0. The van der Waals surface area contributed by atoms with Crippen molar-refractivity contribution in [3.05, 3.63) is 64.3 Å². The number of rotatable bonds is 3. The quantitative estimate of drug-likeness (QED) is 0.300. The molecule has 0 saturated carbocycles. The number of nitrogens with two attached hydrogens (primary N) is 1. The van der Waals surface area contributed by atoms with Gasteiger partial charge in [0.2, 0.25) is 0 Å². The predicted molar refractivity (Wildman–Crippen MR) is 124 cm³/mol. The summed E-state index contributed by atoms with van der Waals surface area (Å²) in [6.45, 7) is 2.06. The lowest BCUT2D eigenvalue weighted by Gasteiger charge is -2.32. The molecular formula is C19H19I3NO2+. The van der Waals surface area contributed by atoms with Crippen LogP contribution in [0.5, 0.6) is 0 Å². The summed E-state index contributed by atoms with van der Waals surface area (Å²) in [6, 6.07) is 14.2. The monoisotopic (exact) mass is 674 g/mol. The van der Waals surface area contributed by atoms with E-state index in [9.17, 15) is 4.79 Å². The number of esters is 1. The lowest BCUT2D eigenvalue weighted by Crippen LogP contribution is -2.84. The van der Waals surface area contributed by atoms with E-state index >= 15 is 0 Å². The molecule has 25 heavy (non-hydrogen) atoms. The maximum Gasteiger partial charge on any atom is 0.340 e. The molecule has 6 heteroatoms. The van der Waals surface area contributed by atoms with Crippen molar-refractivity contribution < 1.29 is 14.8 Å². The van der Waals surface area contributed by atoms with Crippen molar-refractivity contribution in [3.63, 3.8) is 0 Å². The molecule has 0 aromatic heterocycles. The Morgan fingerprint density at radius 2 is 1.80 bits per heavy atom. The molecule has 1 aliphatic heterocycles. The van der Waals surface area contributed by atoms with Crippen molar-refractivity contribution in [2.24, 2.45) is 0 Å². The van der Waals surface area contributed by atoms with Gasteiger partial charge in [0.05, 0.1) is 18.7 Å². The average molecular weight is 674 g/mol. The van der Waals surface area contributed by atoms with E-state index in [4.69, 9.17) is 4.74 Å². The van der Waals surface area contributed by atoms with Crippen molar-refractivity contribution in [1.82, 2.24) is 0 Å². The Kier molecular flexibility index (Phi) is 7.00. The highest BCUT2D eigenvalue weighted by Crippen LogP contribution is 2.36. The Morgan fingerprint density at radius 3 is 2.56 bits per heavy atom. The minimum Gasteiger partial charge on any atom is -0.450 e. The summed E-state index contributed by atoms with van der Waals surface area (Å²) in [5.74, 6) is -0.216. The highest BCUT2D eigenvalue weighted by Gasteiger charge is 2.38. The lowest BCUT2D eigenvalue weighted by molar-refractivity contribution is -0.653. The first-order valence-corrected chi connectivity index (χ1v) is 11.5. The Hall–Kier alpha value is 0.0600. The Balaban J connectivity index is 1.97. The molecule has 132 valence electrons. The third kappa shape index (κ3) is 4.67. The average Bonchev–Trinajstić information content (AvgIpc) is 2.85. The van der Waals surface area contributed by atoms with Gasteiger partial charge < -0.3 is 10.1 Å². The summed E-state index contributed by atoms with van der Waals surface area (Å²) in [6.07, 6.45) is 2.76. The van der Waals surface area contributed by atoms with Gasteiger partial charge >= 0.3 is 5.97 Å². The summed E-state index contributed by atoms with van der Waals surface area (Å²) in [7, 11) is 0. The van der Waals surface area contributed by atoms with E-state index in [0.717, 1.165) is 48.6 Å². The number of carbonyl (C=O) groups is 1. The van der Waals surface area contributed by atoms with Gasteiger partial charge in [-0.1, -0.05) is 30.3 Å². The topological polar surface area (TPSA) is 42.9 Å². The van der Waals surface area contributed by atoms with Gasteiger partial charge in [0.15, 0.2) is 0 Å². The van der Waals surface area contributed by atoms with Gasteiger partial charge in [-0.3, -0.25) is 0 Å². The molecule has 1 fully saturated rings. The van der Waals surface area contributed by atoms with Crippen LogP contribution in [0.4, 0.5) is 0 Å². The van der Waals surface area contributed by atoms with E-state index in [-0.39, 0.29) is 5.97 Å². The maximum atomic E-state index is 13.1. The van der Waals surface area contributed by atoms with Crippen LogP contribution >= 0.6 is 67.8 Å². The van der Waals surface area contributed by atoms with E-state index in [2.05, 4.69) is 91.3 Å². The zero-order valence-electron chi connectivity index (χ0n) is 13.6. The number of quaternary nitrogens is 1. The third-order valence-electron chi connectivity index (χ3n) is 4.54. The lowest BCUT2D eigenvalue weighted by atomic mass is 9.86. The van der Waals surface area contributed by atoms with Gasteiger partial charge in [-0.05, 0) is 91.9 Å². The molecule has 1 unspecified atom stereocenters. The molecule has 1 heterocycles. The van der Waals surface area contributed by atoms with E-state index in [1.165, 1.54) is 0 Å². The molecule has 2 N–H and O–H groups in total. The highest BCUT2D eigenvalue weighted by molar-refractivity contribution is 14.1. The molecule has 0 radical (unpaired) electrons. The summed E-state index contributed by atoms with van der Waals surface area (Å²) in [5, 5.41) is 2.32. The summed E-state index contributed by atoms with van der Waals surface area (Å²) < 4.78 is 9.35. The number of benzene rings is 2. The van der Waals surface area contributed by atoms with Gasteiger partial charge in [0.25, 0.3) is 0 Å². The van der Waals surface area contributed by atoms with Gasteiger partial charge in [0.1, 0.15) is 5.60 Å². The van der Waals surface area contributed by atoms with Crippen LogP contribution in [0.25, 0.3) is 0 Å². The first-order valence-electron chi connectivity index (χ1n) is 8.27. The van der Waals surface area contributed by atoms with Crippen LogP contribution in [0.15, 0.2) is 42.5 Å². The molecule has 3 nitrogen and oxygen atoms in total. The number of hydrogen-bond donors (Lipinski definition) is 1. The fourth-order valence-corrected chi connectivity index (χ4v) is 5.64.